The Morgan fingerprint density at radius 2 is 1.62 bits per heavy atom. The van der Waals surface area contributed by atoms with E-state index in [1.807, 2.05) is 25.1 Å². The molecule has 0 spiro atoms. The number of nitrogens with zero attached hydrogens (tertiary/aromatic N) is 1. The minimum atomic E-state index is -4.13. The van der Waals surface area contributed by atoms with Crippen LogP contribution in [0.2, 0.25) is 5.02 Å². The zero-order valence-corrected chi connectivity index (χ0v) is 18.7. The Kier molecular flexibility index (Phi) is 5.86. The Morgan fingerprint density at radius 1 is 0.969 bits per heavy atom. The minimum Gasteiger partial charge on any atom is -0.336 e. The molecule has 3 aromatic carbocycles. The van der Waals surface area contributed by atoms with Crippen LogP contribution in [0.1, 0.15) is 5.56 Å². The van der Waals surface area contributed by atoms with E-state index in [9.17, 15) is 18.0 Å². The topological polar surface area (TPSA) is 85.2 Å². The monoisotopic (exact) mass is 466 g/mol. The number of pyridine rings is 1. The van der Waals surface area contributed by atoms with Crippen molar-refractivity contribution >= 4 is 43.9 Å². The lowest BCUT2D eigenvalue weighted by Gasteiger charge is -2.14. The molecule has 0 bridgehead atoms. The number of rotatable bonds is 5. The number of sulfone groups is 1. The van der Waals surface area contributed by atoms with Gasteiger partial charge in [-0.1, -0.05) is 41.9 Å². The molecule has 0 saturated carbocycles. The van der Waals surface area contributed by atoms with E-state index >= 15 is 0 Å². The molecule has 0 aliphatic carbocycles. The molecule has 1 amide bonds. The highest BCUT2D eigenvalue weighted by molar-refractivity contribution is 7.91. The lowest BCUT2D eigenvalue weighted by Crippen LogP contribution is -2.24. The number of aryl methyl sites for hydroxylation is 1. The first-order chi connectivity index (χ1) is 15.3. The third-order valence-electron chi connectivity index (χ3n) is 5.10. The molecule has 0 unspecified atom stereocenters. The molecule has 1 aromatic heterocycles. The summed E-state index contributed by atoms with van der Waals surface area (Å²) in [6.07, 6.45) is 1.23. The average molecular weight is 467 g/mol. The summed E-state index contributed by atoms with van der Waals surface area (Å²) in [7, 11) is -4.13. The van der Waals surface area contributed by atoms with Gasteiger partial charge < -0.3 is 9.88 Å². The Hall–Kier alpha value is -3.42. The van der Waals surface area contributed by atoms with E-state index in [2.05, 4.69) is 5.32 Å². The van der Waals surface area contributed by atoms with Gasteiger partial charge in [0.25, 0.3) is 0 Å². The molecular formula is C24H19ClN2O4S. The van der Waals surface area contributed by atoms with Crippen LogP contribution in [-0.2, 0) is 21.2 Å². The van der Waals surface area contributed by atoms with Crippen molar-refractivity contribution in [3.8, 4) is 0 Å². The number of carbonyl (C=O) groups excluding carboxylic acids is 1. The maximum atomic E-state index is 13.2. The smallest absolute Gasteiger partial charge is 0.244 e. The predicted molar refractivity (Wildman–Crippen MR) is 125 cm³/mol. The summed E-state index contributed by atoms with van der Waals surface area (Å²) < 4.78 is 27.9. The third-order valence-corrected chi connectivity index (χ3v) is 7.12. The molecule has 0 fully saturated rings. The van der Waals surface area contributed by atoms with Crippen LogP contribution in [0.15, 0.2) is 93.6 Å². The number of para-hydroxylation sites is 2. The van der Waals surface area contributed by atoms with E-state index in [0.29, 0.717) is 16.2 Å². The van der Waals surface area contributed by atoms with Crippen molar-refractivity contribution in [2.75, 3.05) is 5.32 Å². The summed E-state index contributed by atoms with van der Waals surface area (Å²) in [6.45, 7) is 1.71. The lowest BCUT2D eigenvalue weighted by molar-refractivity contribution is -0.116. The normalized spacial score (nSPS) is 11.4. The second-order valence-corrected chi connectivity index (χ2v) is 9.64. The number of hydrogen-bond acceptors (Lipinski definition) is 4. The highest BCUT2D eigenvalue weighted by atomic mass is 35.5. The number of fused-ring (bicyclic) bond motifs is 1. The van der Waals surface area contributed by atoms with Crippen molar-refractivity contribution in [3.63, 3.8) is 0 Å². The van der Waals surface area contributed by atoms with Crippen LogP contribution in [0.25, 0.3) is 10.9 Å². The quantitative estimate of drug-likeness (QED) is 0.471. The lowest BCUT2D eigenvalue weighted by atomic mass is 10.2. The fraction of sp³-hybridized carbons (Fsp3) is 0.0833. The van der Waals surface area contributed by atoms with E-state index in [1.165, 1.54) is 35.0 Å². The molecule has 162 valence electrons. The molecule has 4 aromatic rings. The first-order valence-corrected chi connectivity index (χ1v) is 11.6. The van der Waals surface area contributed by atoms with Gasteiger partial charge in [-0.3, -0.25) is 9.59 Å². The highest BCUT2D eigenvalue weighted by Crippen LogP contribution is 2.23. The third kappa shape index (κ3) is 4.17. The second kappa shape index (κ2) is 8.61. The summed E-state index contributed by atoms with van der Waals surface area (Å²) in [6, 6.07) is 19.5. The van der Waals surface area contributed by atoms with Crippen LogP contribution < -0.4 is 10.7 Å². The summed E-state index contributed by atoms with van der Waals surface area (Å²) in [5, 5.41) is 3.43. The van der Waals surface area contributed by atoms with Crippen LogP contribution in [0, 0.1) is 6.92 Å². The number of nitrogens with one attached hydrogen (secondary N) is 1. The molecule has 0 saturated heterocycles. The molecule has 6 nitrogen and oxygen atoms in total. The molecule has 32 heavy (non-hydrogen) atoms. The molecular weight excluding hydrogens is 448 g/mol. The molecule has 0 atom stereocenters. The van der Waals surface area contributed by atoms with E-state index in [0.717, 1.165) is 5.56 Å². The fourth-order valence-corrected chi connectivity index (χ4v) is 4.93. The number of anilines is 1. The molecule has 0 aliphatic heterocycles. The fourth-order valence-electron chi connectivity index (χ4n) is 3.44. The van der Waals surface area contributed by atoms with Crippen molar-refractivity contribution in [2.45, 2.75) is 23.3 Å². The number of hydrogen-bond donors (Lipinski definition) is 1. The Morgan fingerprint density at radius 3 is 2.34 bits per heavy atom. The molecule has 0 aliphatic rings. The summed E-state index contributed by atoms with van der Waals surface area (Å²) in [5.74, 6) is -0.344. The molecule has 0 radical (unpaired) electrons. The van der Waals surface area contributed by atoms with Crippen molar-refractivity contribution in [2.24, 2.45) is 0 Å². The largest absolute Gasteiger partial charge is 0.336 e. The minimum absolute atomic E-state index is 0.0507. The summed E-state index contributed by atoms with van der Waals surface area (Å²) in [4.78, 5) is 25.4. The Balaban J connectivity index is 1.80. The van der Waals surface area contributed by atoms with Crippen LogP contribution in [0.3, 0.4) is 0 Å². The highest BCUT2D eigenvalue weighted by Gasteiger charge is 2.24. The van der Waals surface area contributed by atoms with E-state index in [1.54, 1.807) is 30.3 Å². The Labute approximate surface area is 190 Å². The van der Waals surface area contributed by atoms with Crippen molar-refractivity contribution in [1.29, 1.82) is 0 Å². The van der Waals surface area contributed by atoms with Crippen LogP contribution in [0.4, 0.5) is 5.69 Å². The van der Waals surface area contributed by atoms with Gasteiger partial charge in [0, 0.05) is 22.3 Å². The van der Waals surface area contributed by atoms with Crippen LogP contribution in [0.5, 0.6) is 0 Å². The molecule has 1 N–H and O–H groups in total. The predicted octanol–water partition coefficient (Wildman–Crippen LogP) is 4.43. The van der Waals surface area contributed by atoms with Gasteiger partial charge in [-0.2, -0.15) is 0 Å². The van der Waals surface area contributed by atoms with E-state index < -0.39 is 20.2 Å². The first kappa shape index (κ1) is 21.8. The van der Waals surface area contributed by atoms with Crippen molar-refractivity contribution < 1.29 is 13.2 Å². The number of carbonyl (C=O) groups is 1. The van der Waals surface area contributed by atoms with E-state index in [4.69, 9.17) is 11.6 Å². The number of halogens is 1. The average Bonchev–Trinajstić information content (AvgIpc) is 2.77. The van der Waals surface area contributed by atoms with Gasteiger partial charge in [0.05, 0.1) is 10.4 Å². The molecule has 4 rings (SSSR count). The van der Waals surface area contributed by atoms with E-state index in [-0.39, 0.29) is 22.7 Å². The SMILES string of the molecule is Cc1ccccc1NC(=O)Cn1cc(S(=O)(=O)c2ccc(Cl)cc2)c(=O)c2ccccc21. The van der Waals surface area contributed by atoms with Gasteiger partial charge in [0.2, 0.25) is 21.2 Å². The summed E-state index contributed by atoms with van der Waals surface area (Å²) >= 11 is 5.87. The zero-order valence-electron chi connectivity index (χ0n) is 17.1. The maximum Gasteiger partial charge on any atom is 0.244 e. The van der Waals surface area contributed by atoms with Crippen molar-refractivity contribution in [3.05, 3.63) is 99.8 Å². The second-order valence-electron chi connectivity index (χ2n) is 7.29. The van der Waals surface area contributed by atoms with Gasteiger partial charge in [-0.05, 0) is 55.0 Å². The standard InChI is InChI=1S/C24H19ClN2O4S/c1-16-6-2-4-8-20(16)26-23(28)15-27-14-22(24(29)19-7-3-5-9-21(19)27)32(30,31)18-12-10-17(25)11-13-18/h2-14H,15H2,1H3,(H,26,28). The number of amides is 1. The van der Waals surface area contributed by atoms with Crippen LogP contribution >= 0.6 is 11.6 Å². The summed E-state index contributed by atoms with van der Waals surface area (Å²) in [5.41, 5.74) is 1.41. The van der Waals surface area contributed by atoms with Gasteiger partial charge >= 0.3 is 0 Å². The van der Waals surface area contributed by atoms with Crippen LogP contribution in [-0.4, -0.2) is 18.9 Å². The van der Waals surface area contributed by atoms with Gasteiger partial charge in [-0.25, -0.2) is 8.42 Å². The molecule has 8 heteroatoms. The zero-order chi connectivity index (χ0) is 22.9. The maximum absolute atomic E-state index is 13.2. The molecule has 1 heterocycles. The Bertz CT molecular complexity index is 1490. The first-order valence-electron chi connectivity index (χ1n) is 9.76. The number of benzene rings is 3. The van der Waals surface area contributed by atoms with Gasteiger partial charge in [0.1, 0.15) is 11.4 Å². The van der Waals surface area contributed by atoms with Crippen molar-refractivity contribution in [1.82, 2.24) is 4.57 Å². The number of aromatic nitrogens is 1. The van der Waals surface area contributed by atoms with Gasteiger partial charge in [0.15, 0.2) is 0 Å². The van der Waals surface area contributed by atoms with Gasteiger partial charge in [-0.15, -0.1) is 0 Å².